The van der Waals surface area contributed by atoms with Crippen molar-refractivity contribution in [1.82, 2.24) is 20.2 Å². The first-order chi connectivity index (χ1) is 15.5. The molecule has 0 spiro atoms. The molecule has 10 heteroatoms. The largest absolute Gasteiger partial charge is 0.419 e. The van der Waals surface area contributed by atoms with Gasteiger partial charge in [0.15, 0.2) is 5.58 Å². The number of nitriles is 1. The van der Waals surface area contributed by atoms with Crippen LogP contribution < -0.4 is 16.4 Å². The average molecular weight is 439 g/mol. The van der Waals surface area contributed by atoms with Crippen LogP contribution in [-0.4, -0.2) is 47.3 Å². The molecule has 0 radical (unpaired) electrons. The number of aromatic nitrogens is 2. The maximum absolute atomic E-state index is 14.8. The van der Waals surface area contributed by atoms with Crippen molar-refractivity contribution in [3.05, 3.63) is 52.4 Å². The molecule has 0 aliphatic carbocycles. The number of carbonyl (C=O) groups is 1. The smallest absolute Gasteiger partial charge is 0.408 e. The van der Waals surface area contributed by atoms with Gasteiger partial charge in [-0.05, 0) is 31.2 Å². The van der Waals surface area contributed by atoms with Crippen molar-refractivity contribution in [3.63, 3.8) is 0 Å². The van der Waals surface area contributed by atoms with Crippen LogP contribution in [0.1, 0.15) is 12.0 Å². The van der Waals surface area contributed by atoms with Gasteiger partial charge in [0.05, 0.1) is 17.3 Å². The van der Waals surface area contributed by atoms with Crippen LogP contribution in [0.4, 0.5) is 4.39 Å². The maximum Gasteiger partial charge on any atom is 0.419 e. The topological polar surface area (TPSA) is 122 Å². The summed E-state index contributed by atoms with van der Waals surface area (Å²) in [6, 6.07) is 7.35. The number of fused-ring (bicyclic) bond motifs is 1. The molecule has 2 atom stereocenters. The molecule has 1 fully saturated rings. The summed E-state index contributed by atoms with van der Waals surface area (Å²) in [7, 11) is 1.58. The first-order valence-corrected chi connectivity index (χ1v) is 10.2. The van der Waals surface area contributed by atoms with E-state index in [-0.39, 0.29) is 12.0 Å². The molecule has 2 N–H and O–H groups in total. The molecule has 9 nitrogen and oxygen atoms in total. The number of rotatable bonds is 5. The highest BCUT2D eigenvalue weighted by molar-refractivity contribution is 5.82. The van der Waals surface area contributed by atoms with E-state index in [9.17, 15) is 19.2 Å². The summed E-state index contributed by atoms with van der Waals surface area (Å²) in [6.07, 6.45) is 1.44. The van der Waals surface area contributed by atoms with Gasteiger partial charge in [0.25, 0.3) is 5.91 Å². The summed E-state index contributed by atoms with van der Waals surface area (Å²) in [5.41, 5.74) is 2.19. The molecule has 1 unspecified atom stereocenters. The Bertz CT molecular complexity index is 1240. The molecule has 1 aliphatic rings. The summed E-state index contributed by atoms with van der Waals surface area (Å²) in [4.78, 5) is 28.4. The number of amides is 1. The third kappa shape index (κ3) is 4.54. The molecule has 1 amide bonds. The summed E-state index contributed by atoms with van der Waals surface area (Å²) in [5.74, 6) is -1.44. The second kappa shape index (κ2) is 9.30. The van der Waals surface area contributed by atoms with Crippen LogP contribution in [0.2, 0.25) is 0 Å². The Kier molecular flexibility index (Phi) is 6.30. The first-order valence-electron chi connectivity index (χ1n) is 10.2. The van der Waals surface area contributed by atoms with Gasteiger partial charge in [-0.25, -0.2) is 9.18 Å². The number of nitrogens with zero attached hydrogens (tertiary/aromatic N) is 3. The third-order valence-corrected chi connectivity index (χ3v) is 5.35. The quantitative estimate of drug-likeness (QED) is 0.614. The number of benzene rings is 1. The van der Waals surface area contributed by atoms with Crippen molar-refractivity contribution in [1.29, 1.82) is 5.26 Å². The van der Waals surface area contributed by atoms with Crippen LogP contribution in [0.3, 0.4) is 0 Å². The Balaban J connectivity index is 1.49. The van der Waals surface area contributed by atoms with Crippen LogP contribution in [-0.2, 0) is 23.0 Å². The lowest BCUT2D eigenvalue weighted by molar-refractivity contribution is -0.132. The van der Waals surface area contributed by atoms with Crippen LogP contribution in [0.5, 0.6) is 0 Å². The van der Waals surface area contributed by atoms with E-state index in [1.165, 1.54) is 16.8 Å². The summed E-state index contributed by atoms with van der Waals surface area (Å²) >= 11 is 0. The van der Waals surface area contributed by atoms with E-state index in [1.807, 2.05) is 6.07 Å². The standard InChI is InChI=1S/C22H22FN5O4/c1-28-18-8-13(3-4-19(18)32-22(28)30)17-9-16(23)14(11-26-17)7-15(10-24)27-21(29)20-12-25-5-2-6-31-20/h3-4,8-9,11,15,20,25H,2,5-7,12H2,1H3,(H,27,29)/t15-,20?/m1/s1. The van der Waals surface area contributed by atoms with Crippen molar-refractivity contribution < 1.29 is 18.3 Å². The Morgan fingerprint density at radius 2 is 2.31 bits per heavy atom. The van der Waals surface area contributed by atoms with Crippen LogP contribution in [0, 0.1) is 17.1 Å². The minimum atomic E-state index is -0.923. The highest BCUT2D eigenvalue weighted by atomic mass is 19.1. The van der Waals surface area contributed by atoms with Crippen molar-refractivity contribution in [2.24, 2.45) is 7.05 Å². The number of aryl methyl sites for hydroxylation is 1. The number of hydrogen-bond acceptors (Lipinski definition) is 7. The minimum absolute atomic E-state index is 0.0310. The molecular formula is C22H22FN5O4. The van der Waals surface area contributed by atoms with E-state index in [4.69, 9.17) is 9.15 Å². The normalized spacial score (nSPS) is 17.5. The SMILES string of the molecule is Cn1c(=O)oc2ccc(-c3cc(F)c(C[C@H](C#N)NC(=O)C4CNCCCO4)cn3)cc21. The van der Waals surface area contributed by atoms with Crippen LogP contribution in [0.15, 0.2) is 39.7 Å². The first kappa shape index (κ1) is 21.7. The van der Waals surface area contributed by atoms with Gasteiger partial charge in [-0.2, -0.15) is 5.26 Å². The van der Waals surface area contributed by atoms with Crippen molar-refractivity contribution >= 4 is 17.0 Å². The van der Waals surface area contributed by atoms with Gasteiger partial charge in [0.2, 0.25) is 0 Å². The number of ether oxygens (including phenoxy) is 1. The predicted molar refractivity (Wildman–Crippen MR) is 113 cm³/mol. The fraction of sp³-hybridized carbons (Fsp3) is 0.364. The van der Waals surface area contributed by atoms with Crippen molar-refractivity contribution in [2.45, 2.75) is 25.0 Å². The van der Waals surface area contributed by atoms with Crippen molar-refractivity contribution in [2.75, 3.05) is 19.7 Å². The lowest BCUT2D eigenvalue weighted by atomic mass is 10.1. The summed E-state index contributed by atoms with van der Waals surface area (Å²) in [6.45, 7) is 1.58. The number of oxazole rings is 1. The van der Waals surface area contributed by atoms with Gasteiger partial charge < -0.3 is 19.8 Å². The lowest BCUT2D eigenvalue weighted by Gasteiger charge is -2.18. The number of halogens is 1. The predicted octanol–water partition coefficient (Wildman–Crippen LogP) is 1.26. The van der Waals surface area contributed by atoms with E-state index in [1.54, 1.807) is 25.2 Å². The zero-order chi connectivity index (χ0) is 22.7. The Morgan fingerprint density at radius 3 is 3.09 bits per heavy atom. The Labute approximate surface area is 182 Å². The van der Waals surface area contributed by atoms with E-state index >= 15 is 0 Å². The fourth-order valence-corrected chi connectivity index (χ4v) is 3.55. The van der Waals surface area contributed by atoms with Gasteiger partial charge in [-0.1, -0.05) is 0 Å². The Morgan fingerprint density at radius 1 is 1.47 bits per heavy atom. The second-order valence-corrected chi connectivity index (χ2v) is 7.58. The minimum Gasteiger partial charge on any atom is -0.408 e. The van der Waals surface area contributed by atoms with E-state index in [0.29, 0.717) is 35.5 Å². The lowest BCUT2D eigenvalue weighted by Crippen LogP contribution is -2.46. The molecule has 3 heterocycles. The van der Waals surface area contributed by atoms with E-state index < -0.39 is 29.6 Å². The van der Waals surface area contributed by atoms with Gasteiger partial charge in [-0.3, -0.25) is 14.3 Å². The van der Waals surface area contributed by atoms with Crippen LogP contribution in [0.25, 0.3) is 22.4 Å². The zero-order valence-corrected chi connectivity index (χ0v) is 17.4. The Hall–Kier alpha value is -3.55. The highest BCUT2D eigenvalue weighted by Crippen LogP contribution is 2.24. The van der Waals surface area contributed by atoms with Crippen molar-refractivity contribution in [3.8, 4) is 17.3 Å². The number of carbonyl (C=O) groups excluding carboxylic acids is 1. The molecule has 4 rings (SSSR count). The molecule has 1 aliphatic heterocycles. The zero-order valence-electron chi connectivity index (χ0n) is 17.4. The molecule has 0 saturated carbocycles. The van der Waals surface area contributed by atoms with Crippen LogP contribution >= 0.6 is 0 Å². The van der Waals surface area contributed by atoms with Gasteiger partial charge >= 0.3 is 5.76 Å². The highest BCUT2D eigenvalue weighted by Gasteiger charge is 2.24. The van der Waals surface area contributed by atoms with Gasteiger partial charge in [0, 0.05) is 50.0 Å². The van der Waals surface area contributed by atoms with E-state index in [2.05, 4.69) is 15.6 Å². The van der Waals surface area contributed by atoms with E-state index in [0.717, 1.165) is 13.0 Å². The molecular weight excluding hydrogens is 417 g/mol. The molecule has 1 aromatic carbocycles. The molecule has 2 aromatic heterocycles. The molecule has 32 heavy (non-hydrogen) atoms. The molecule has 166 valence electrons. The summed E-state index contributed by atoms with van der Waals surface area (Å²) in [5, 5.41) is 15.2. The number of nitrogens with one attached hydrogen (secondary N) is 2. The maximum atomic E-state index is 14.8. The van der Waals surface area contributed by atoms with Gasteiger partial charge in [-0.15, -0.1) is 0 Å². The number of hydrogen-bond donors (Lipinski definition) is 2. The summed E-state index contributed by atoms with van der Waals surface area (Å²) < 4.78 is 26.8. The average Bonchev–Trinajstić information content (AvgIpc) is 2.97. The monoisotopic (exact) mass is 439 g/mol. The number of pyridine rings is 1. The second-order valence-electron chi connectivity index (χ2n) is 7.58. The molecule has 3 aromatic rings. The van der Waals surface area contributed by atoms with Gasteiger partial charge in [0.1, 0.15) is 18.0 Å². The fourth-order valence-electron chi connectivity index (χ4n) is 3.55. The molecule has 1 saturated heterocycles. The molecule has 0 bridgehead atoms. The third-order valence-electron chi connectivity index (χ3n) is 5.35.